The lowest BCUT2D eigenvalue weighted by Gasteiger charge is -2.06. The average Bonchev–Trinajstić information content (AvgIpc) is 2.71. The molecule has 2 aromatic heterocycles. The van der Waals surface area contributed by atoms with Gasteiger partial charge >= 0.3 is 0 Å². The van der Waals surface area contributed by atoms with Gasteiger partial charge in [-0.15, -0.1) is 0 Å². The number of rotatable bonds is 2. The molecule has 0 spiro atoms. The maximum atomic E-state index is 11.2. The maximum Gasteiger partial charge on any atom is 0.265 e. The van der Waals surface area contributed by atoms with Crippen LogP contribution in [0.15, 0.2) is 22.8 Å². The summed E-state index contributed by atoms with van der Waals surface area (Å²) in [6.45, 7) is 0. The molecule has 6 heteroatoms. The molecule has 0 saturated heterocycles. The number of amides is 1. The van der Waals surface area contributed by atoms with Crippen molar-refractivity contribution in [2.45, 2.75) is 0 Å². The molecule has 0 unspecified atom stereocenters. The van der Waals surface area contributed by atoms with Crippen LogP contribution in [0.4, 0.5) is 0 Å². The second-order valence-corrected chi connectivity index (χ2v) is 4.34. The summed E-state index contributed by atoms with van der Waals surface area (Å²) >= 11 is 3.42. The number of carbonyl (C=O) groups is 1. The quantitative estimate of drug-likeness (QED) is 0.902. The van der Waals surface area contributed by atoms with E-state index < -0.39 is 5.91 Å². The molecule has 0 bridgehead atoms. The van der Waals surface area contributed by atoms with E-state index in [0.717, 1.165) is 15.9 Å². The maximum absolute atomic E-state index is 11.2. The van der Waals surface area contributed by atoms with Gasteiger partial charge in [-0.2, -0.15) is 5.10 Å². The minimum Gasteiger partial charge on any atom is -0.364 e. The van der Waals surface area contributed by atoms with E-state index in [1.165, 1.54) is 0 Å². The van der Waals surface area contributed by atoms with Gasteiger partial charge in [0, 0.05) is 24.8 Å². The molecular weight excluding hydrogens is 272 g/mol. The second kappa shape index (κ2) is 3.79. The minimum atomic E-state index is -0.448. The van der Waals surface area contributed by atoms with Crippen LogP contribution in [0.3, 0.4) is 0 Å². The van der Waals surface area contributed by atoms with Gasteiger partial charge in [-0.1, -0.05) is 0 Å². The number of aromatic nitrogens is 3. The summed E-state index contributed by atoms with van der Waals surface area (Å²) in [7, 11) is 3.64. The molecule has 0 saturated carbocycles. The highest BCUT2D eigenvalue weighted by molar-refractivity contribution is 9.10. The highest BCUT2D eigenvalue weighted by Gasteiger charge is 2.17. The van der Waals surface area contributed by atoms with Gasteiger partial charge in [-0.3, -0.25) is 9.48 Å². The Hall–Kier alpha value is -1.56. The lowest BCUT2D eigenvalue weighted by Crippen LogP contribution is -2.15. The Kier molecular flexibility index (Phi) is 2.59. The van der Waals surface area contributed by atoms with Gasteiger partial charge in [-0.25, -0.2) is 0 Å². The van der Waals surface area contributed by atoms with Crippen molar-refractivity contribution >= 4 is 21.8 Å². The van der Waals surface area contributed by atoms with Gasteiger partial charge in [0.25, 0.3) is 5.91 Å². The number of nitrogens with two attached hydrogens (primary N) is 1. The molecule has 2 rings (SSSR count). The van der Waals surface area contributed by atoms with E-state index in [0.29, 0.717) is 5.69 Å². The predicted molar refractivity (Wildman–Crippen MR) is 63.8 cm³/mol. The van der Waals surface area contributed by atoms with Crippen molar-refractivity contribution in [1.29, 1.82) is 0 Å². The first-order valence-electron chi connectivity index (χ1n) is 4.65. The van der Waals surface area contributed by atoms with Crippen LogP contribution in [0, 0.1) is 0 Å². The number of primary amides is 1. The molecule has 16 heavy (non-hydrogen) atoms. The van der Waals surface area contributed by atoms with Gasteiger partial charge in [0.1, 0.15) is 5.69 Å². The van der Waals surface area contributed by atoms with Gasteiger partial charge in [0.15, 0.2) is 0 Å². The summed E-state index contributed by atoms with van der Waals surface area (Å²) in [5.74, 6) is -0.448. The second-order valence-electron chi connectivity index (χ2n) is 3.49. The van der Waals surface area contributed by atoms with Crippen molar-refractivity contribution in [3.63, 3.8) is 0 Å². The van der Waals surface area contributed by atoms with Crippen molar-refractivity contribution in [3.05, 3.63) is 28.5 Å². The third-order valence-electron chi connectivity index (χ3n) is 2.50. The SMILES string of the molecule is Cn1nccc1-c1c(Br)cc(C(N)=O)n1C. The highest BCUT2D eigenvalue weighted by atomic mass is 79.9. The summed E-state index contributed by atoms with van der Waals surface area (Å²) in [6.07, 6.45) is 1.71. The molecule has 84 valence electrons. The summed E-state index contributed by atoms with van der Waals surface area (Å²) in [6, 6.07) is 3.59. The van der Waals surface area contributed by atoms with Gasteiger partial charge in [-0.05, 0) is 28.1 Å². The largest absolute Gasteiger partial charge is 0.364 e. The number of nitrogens with zero attached hydrogens (tertiary/aromatic N) is 3. The monoisotopic (exact) mass is 282 g/mol. The van der Waals surface area contributed by atoms with Crippen LogP contribution < -0.4 is 5.73 Å². The zero-order chi connectivity index (χ0) is 11.9. The summed E-state index contributed by atoms with van der Waals surface area (Å²) < 4.78 is 4.32. The Morgan fingerprint density at radius 3 is 2.62 bits per heavy atom. The highest BCUT2D eigenvalue weighted by Crippen LogP contribution is 2.30. The third kappa shape index (κ3) is 1.55. The normalized spacial score (nSPS) is 10.7. The first kappa shape index (κ1) is 10.9. The molecule has 2 N–H and O–H groups in total. The van der Waals surface area contributed by atoms with E-state index >= 15 is 0 Å². The number of carbonyl (C=O) groups excluding carboxylic acids is 1. The van der Waals surface area contributed by atoms with Gasteiger partial charge in [0.2, 0.25) is 0 Å². The van der Waals surface area contributed by atoms with Crippen molar-refractivity contribution in [2.75, 3.05) is 0 Å². The Labute approximate surface area is 101 Å². The first-order valence-corrected chi connectivity index (χ1v) is 5.45. The van der Waals surface area contributed by atoms with E-state index in [4.69, 9.17) is 5.73 Å². The Bertz CT molecular complexity index is 555. The van der Waals surface area contributed by atoms with E-state index in [9.17, 15) is 4.79 Å². The standard InChI is InChI=1S/C10H11BrN4O/c1-14-8(10(12)16)5-6(11)9(14)7-3-4-13-15(7)2/h3-5H,1-2H3,(H2,12,16). The average molecular weight is 283 g/mol. The van der Waals surface area contributed by atoms with Crippen LogP contribution in [0.25, 0.3) is 11.4 Å². The molecule has 0 radical (unpaired) electrons. The van der Waals surface area contributed by atoms with Crippen LogP contribution in [-0.4, -0.2) is 20.3 Å². The minimum absolute atomic E-state index is 0.448. The number of hydrogen-bond acceptors (Lipinski definition) is 2. The number of aryl methyl sites for hydroxylation is 1. The fourth-order valence-corrected chi connectivity index (χ4v) is 2.39. The van der Waals surface area contributed by atoms with Crippen molar-refractivity contribution in [1.82, 2.24) is 14.3 Å². The van der Waals surface area contributed by atoms with Crippen LogP contribution in [-0.2, 0) is 14.1 Å². The van der Waals surface area contributed by atoms with E-state index in [1.54, 1.807) is 28.6 Å². The Balaban J connectivity index is 2.67. The molecule has 0 aromatic carbocycles. The zero-order valence-electron chi connectivity index (χ0n) is 8.94. The van der Waals surface area contributed by atoms with E-state index in [1.807, 2.05) is 13.1 Å². The summed E-state index contributed by atoms with van der Waals surface area (Å²) in [5.41, 5.74) is 7.55. The fourth-order valence-electron chi connectivity index (χ4n) is 1.70. The molecule has 0 aliphatic rings. The van der Waals surface area contributed by atoms with Crippen LogP contribution >= 0.6 is 15.9 Å². The summed E-state index contributed by atoms with van der Waals surface area (Å²) in [5, 5.41) is 4.10. The molecule has 0 atom stereocenters. The lowest BCUT2D eigenvalue weighted by molar-refractivity contribution is 0.0992. The van der Waals surface area contributed by atoms with E-state index in [2.05, 4.69) is 21.0 Å². The molecule has 2 aromatic rings. The molecule has 2 heterocycles. The number of halogens is 1. The zero-order valence-corrected chi connectivity index (χ0v) is 10.5. The Morgan fingerprint density at radius 2 is 2.19 bits per heavy atom. The first-order chi connectivity index (χ1) is 7.52. The molecule has 0 aliphatic carbocycles. The Morgan fingerprint density at radius 1 is 1.50 bits per heavy atom. The molecule has 1 amide bonds. The van der Waals surface area contributed by atoms with E-state index in [-0.39, 0.29) is 0 Å². The smallest absolute Gasteiger partial charge is 0.265 e. The number of hydrogen-bond donors (Lipinski definition) is 1. The lowest BCUT2D eigenvalue weighted by atomic mass is 10.3. The van der Waals surface area contributed by atoms with Crippen LogP contribution in [0.1, 0.15) is 10.5 Å². The molecule has 5 nitrogen and oxygen atoms in total. The fraction of sp³-hybridized carbons (Fsp3) is 0.200. The predicted octanol–water partition coefficient (Wildman–Crippen LogP) is 1.29. The molecular formula is C10H11BrN4O. The van der Waals surface area contributed by atoms with Gasteiger partial charge in [0.05, 0.1) is 11.4 Å². The van der Waals surface area contributed by atoms with Crippen LogP contribution in [0.5, 0.6) is 0 Å². The molecule has 0 fully saturated rings. The van der Waals surface area contributed by atoms with Crippen molar-refractivity contribution in [3.8, 4) is 11.4 Å². The molecule has 0 aliphatic heterocycles. The summed E-state index contributed by atoms with van der Waals surface area (Å²) in [4.78, 5) is 11.2. The van der Waals surface area contributed by atoms with Crippen LogP contribution in [0.2, 0.25) is 0 Å². The van der Waals surface area contributed by atoms with Crippen molar-refractivity contribution in [2.24, 2.45) is 19.8 Å². The van der Waals surface area contributed by atoms with Crippen molar-refractivity contribution < 1.29 is 4.79 Å². The van der Waals surface area contributed by atoms with Gasteiger partial charge < -0.3 is 10.3 Å². The third-order valence-corrected chi connectivity index (χ3v) is 3.11. The topological polar surface area (TPSA) is 65.8 Å².